The zero-order chi connectivity index (χ0) is 9.84. The summed E-state index contributed by atoms with van der Waals surface area (Å²) in [5.74, 6) is -0.449. The molecule has 0 spiro atoms. The molecule has 77 valence electrons. The molecule has 4 nitrogen and oxygen atoms in total. The first-order valence-electron chi connectivity index (χ1n) is 4.29. The first-order valence-corrected chi connectivity index (χ1v) is 4.29. The molecule has 1 rings (SSSR count). The van der Waals surface area contributed by atoms with Gasteiger partial charge in [-0.05, 0) is 19.5 Å². The van der Waals surface area contributed by atoms with Crippen molar-refractivity contribution in [2.75, 3.05) is 27.2 Å². The van der Waals surface area contributed by atoms with Crippen molar-refractivity contribution in [1.29, 1.82) is 0 Å². The summed E-state index contributed by atoms with van der Waals surface area (Å²) in [7, 11) is 3.33. The predicted molar refractivity (Wildman–Crippen MR) is 50.3 cm³/mol. The normalized spacial score (nSPS) is 18.4. The molecule has 1 aliphatic heterocycles. The zero-order valence-corrected chi connectivity index (χ0v) is 13.4. The fourth-order valence-corrected chi connectivity index (χ4v) is 1.40. The Morgan fingerprint density at radius 1 is 1.79 bits per heavy atom. The van der Waals surface area contributed by atoms with Gasteiger partial charge in [0.05, 0.1) is 7.11 Å². The van der Waals surface area contributed by atoms with Gasteiger partial charge in [0.1, 0.15) is 0 Å². The Morgan fingerprint density at radius 2 is 2.43 bits per heavy atom. The maximum atomic E-state index is 10.9. The van der Waals surface area contributed by atoms with Gasteiger partial charge in [-0.1, -0.05) is 11.6 Å². The molecule has 0 aromatic carbocycles. The number of likely N-dealkylation sites (N-methyl/N-ethyl adjacent to an activating group) is 1. The molecule has 1 N–H and O–H groups in total. The van der Waals surface area contributed by atoms with Crippen molar-refractivity contribution in [2.24, 2.45) is 0 Å². The van der Waals surface area contributed by atoms with Crippen LogP contribution >= 0.6 is 0 Å². The van der Waals surface area contributed by atoms with E-state index in [-0.39, 0.29) is 44.1 Å². The molecule has 14 heavy (non-hydrogen) atoms. The number of esters is 1. The van der Waals surface area contributed by atoms with Crippen LogP contribution in [0.25, 0.3) is 5.73 Å². The Bertz CT molecular complexity index is 231. The maximum Gasteiger partial charge on any atom is 0.287 e. The molecule has 1 radical (unpaired) electrons. The second-order valence-electron chi connectivity index (χ2n) is 3.34. The van der Waals surface area contributed by atoms with Gasteiger partial charge in [-0.2, -0.15) is 0 Å². The van der Waals surface area contributed by atoms with Gasteiger partial charge in [0.2, 0.25) is 0 Å². The number of methoxy groups -OCH3 is 1. The molecule has 0 aromatic rings. The molecular formula is C9H15AcN2O2-. The minimum Gasteiger partial charge on any atom is -0.665 e. The van der Waals surface area contributed by atoms with Crippen LogP contribution in [0.15, 0.2) is 11.6 Å². The molecule has 0 saturated heterocycles. The van der Waals surface area contributed by atoms with Gasteiger partial charge in [0.25, 0.3) is 5.97 Å². The third kappa shape index (κ3) is 4.39. The first kappa shape index (κ1) is 14.6. The standard InChI is InChI=1S/C9H15N2O2.Ac/c1-11-4-3-7(6-11)5-8(10)9(12)13-2;/h3,8,10H,4-6H2,1-2H3;/q-1;. The molecule has 1 aliphatic rings. The number of nitrogens with zero attached hydrogens (tertiary/aromatic N) is 1. The van der Waals surface area contributed by atoms with Gasteiger partial charge >= 0.3 is 0 Å². The number of hydrogen-bond acceptors (Lipinski definition) is 3. The molecule has 1 unspecified atom stereocenters. The van der Waals surface area contributed by atoms with Gasteiger partial charge in [0, 0.05) is 57.2 Å². The van der Waals surface area contributed by atoms with Crippen LogP contribution in [-0.2, 0) is 9.53 Å². The van der Waals surface area contributed by atoms with Crippen molar-refractivity contribution in [3.63, 3.8) is 0 Å². The van der Waals surface area contributed by atoms with Crippen LogP contribution in [0.3, 0.4) is 0 Å². The average Bonchev–Trinajstić information content (AvgIpc) is 2.49. The molecule has 5 heteroatoms. The monoisotopic (exact) mass is 410 g/mol. The molecule has 0 fully saturated rings. The van der Waals surface area contributed by atoms with Gasteiger partial charge in [0.15, 0.2) is 0 Å². The van der Waals surface area contributed by atoms with E-state index in [2.05, 4.69) is 15.7 Å². The summed E-state index contributed by atoms with van der Waals surface area (Å²) in [5.41, 5.74) is 8.63. The Labute approximate surface area is 120 Å². The quantitative estimate of drug-likeness (QED) is 0.512. The van der Waals surface area contributed by atoms with Gasteiger partial charge in [-0.25, -0.2) is 0 Å². The number of hydrogen-bond donors (Lipinski definition) is 0. The summed E-state index contributed by atoms with van der Waals surface area (Å²) in [6, 6.07) is -0.761. The van der Waals surface area contributed by atoms with Crippen LogP contribution in [0.2, 0.25) is 0 Å². The van der Waals surface area contributed by atoms with Crippen LogP contribution < -0.4 is 0 Å². The Hall–Kier alpha value is 0.572. The molecule has 1 heterocycles. The van der Waals surface area contributed by atoms with Gasteiger partial charge < -0.3 is 10.5 Å². The first-order chi connectivity index (χ1) is 6.13. The topological polar surface area (TPSA) is 53.3 Å². The van der Waals surface area contributed by atoms with Crippen molar-refractivity contribution in [1.82, 2.24) is 4.90 Å². The average molecular weight is 410 g/mol. The third-order valence-electron chi connectivity index (χ3n) is 2.12. The third-order valence-corrected chi connectivity index (χ3v) is 2.12. The van der Waals surface area contributed by atoms with E-state index >= 15 is 0 Å². The molecule has 0 saturated carbocycles. The van der Waals surface area contributed by atoms with Crippen molar-refractivity contribution in [3.05, 3.63) is 17.4 Å². The largest absolute Gasteiger partial charge is 0.665 e. The summed E-state index contributed by atoms with van der Waals surface area (Å²) in [6.07, 6.45) is 2.57. The number of carbonyl (C=O) groups excluding carboxylic acids is 1. The van der Waals surface area contributed by atoms with E-state index in [0.29, 0.717) is 6.42 Å². The Kier molecular flexibility index (Phi) is 7.23. The van der Waals surface area contributed by atoms with Crippen LogP contribution in [0.5, 0.6) is 0 Å². The van der Waals surface area contributed by atoms with Crippen molar-refractivity contribution >= 4 is 5.97 Å². The Morgan fingerprint density at radius 3 is 2.86 bits per heavy atom. The molecule has 0 amide bonds. The van der Waals surface area contributed by atoms with Crippen LogP contribution in [0.1, 0.15) is 6.42 Å². The SMILES string of the molecule is COC(=O)C([NH-])CC1=CCN(C)C1.[Ac]. The van der Waals surface area contributed by atoms with E-state index < -0.39 is 12.0 Å². The van der Waals surface area contributed by atoms with E-state index in [1.807, 2.05) is 7.05 Å². The number of ether oxygens (including phenoxy) is 1. The van der Waals surface area contributed by atoms with E-state index in [1.54, 1.807) is 0 Å². The molecule has 0 aromatic heterocycles. The summed E-state index contributed by atoms with van der Waals surface area (Å²) in [5, 5.41) is 0. The smallest absolute Gasteiger partial charge is 0.287 e. The summed E-state index contributed by atoms with van der Waals surface area (Å²) in [6.45, 7) is 1.79. The maximum absolute atomic E-state index is 10.9. The molecule has 1 atom stereocenters. The van der Waals surface area contributed by atoms with E-state index in [4.69, 9.17) is 5.73 Å². The molecular weight excluding hydrogens is 395 g/mol. The minimum atomic E-state index is -0.761. The number of rotatable bonds is 3. The van der Waals surface area contributed by atoms with Crippen LogP contribution in [0, 0.1) is 44.1 Å². The van der Waals surface area contributed by atoms with E-state index in [9.17, 15) is 4.79 Å². The van der Waals surface area contributed by atoms with Gasteiger partial charge in [-0.3, -0.25) is 9.69 Å². The summed E-state index contributed by atoms with van der Waals surface area (Å²) in [4.78, 5) is 13.1. The second-order valence-corrected chi connectivity index (χ2v) is 3.34. The predicted octanol–water partition coefficient (Wildman–Crippen LogP) is 0.842. The second kappa shape index (κ2) is 6.95. The molecule has 0 bridgehead atoms. The van der Waals surface area contributed by atoms with Crippen LogP contribution in [0.4, 0.5) is 0 Å². The fraction of sp³-hybridized carbons (Fsp3) is 0.667. The molecule has 0 aliphatic carbocycles. The zero-order valence-electron chi connectivity index (χ0n) is 8.62. The van der Waals surface area contributed by atoms with Gasteiger partial charge in [-0.15, -0.1) is 0 Å². The van der Waals surface area contributed by atoms with E-state index in [0.717, 1.165) is 18.7 Å². The number of nitrogens with one attached hydrogen (secondary N) is 1. The van der Waals surface area contributed by atoms with Crippen molar-refractivity contribution in [3.8, 4) is 0 Å². The number of carbonyl (C=O) groups is 1. The van der Waals surface area contributed by atoms with Crippen molar-refractivity contribution < 1.29 is 53.6 Å². The fourth-order valence-electron chi connectivity index (χ4n) is 1.40. The Balaban J connectivity index is 0.00000169. The van der Waals surface area contributed by atoms with Crippen molar-refractivity contribution in [2.45, 2.75) is 12.5 Å². The van der Waals surface area contributed by atoms with E-state index in [1.165, 1.54) is 7.11 Å². The van der Waals surface area contributed by atoms with Crippen LogP contribution in [-0.4, -0.2) is 44.2 Å². The minimum absolute atomic E-state index is 0. The summed E-state index contributed by atoms with van der Waals surface area (Å²) >= 11 is 0. The summed E-state index contributed by atoms with van der Waals surface area (Å²) < 4.78 is 4.48.